The number of likely N-dealkylation sites (tertiary alicyclic amines) is 1. The molecule has 1 N–H and O–H groups in total. The molecule has 1 aliphatic rings. The molecule has 1 fully saturated rings. The number of thiophene rings is 1. The van der Waals surface area contributed by atoms with E-state index >= 15 is 0 Å². The first-order chi connectivity index (χ1) is 10.2. The molecule has 0 saturated carbocycles. The third-order valence-corrected chi connectivity index (χ3v) is 5.33. The van der Waals surface area contributed by atoms with Crippen LogP contribution in [0.3, 0.4) is 0 Å². The van der Waals surface area contributed by atoms with Crippen molar-refractivity contribution in [1.82, 2.24) is 9.88 Å². The molecule has 0 aliphatic carbocycles. The first kappa shape index (κ1) is 14.2. The molecule has 5 nitrogen and oxygen atoms in total. The number of nitrogens with one attached hydrogen (secondary N) is 1. The van der Waals surface area contributed by atoms with E-state index in [2.05, 4.69) is 10.3 Å². The van der Waals surface area contributed by atoms with Crippen molar-refractivity contribution < 1.29 is 9.59 Å². The standard InChI is InChI=1S/C14H15N3O2S2/c1-17-11(18)5-4-9(12(17)10-3-2-7-20-10)13(19)16-14-15-6-8-21-14/h2-3,6-9,12H,4-5H2,1H3,(H,15,16,19)/t9-,12+/m1/s1. The Bertz CT molecular complexity index is 625. The van der Waals surface area contributed by atoms with Crippen LogP contribution in [0.1, 0.15) is 23.8 Å². The molecule has 2 aromatic rings. The van der Waals surface area contributed by atoms with Gasteiger partial charge in [0.2, 0.25) is 11.8 Å². The number of piperidine rings is 1. The van der Waals surface area contributed by atoms with Gasteiger partial charge in [-0.25, -0.2) is 4.98 Å². The number of nitrogens with zero attached hydrogens (tertiary/aromatic N) is 2. The molecule has 2 aromatic heterocycles. The van der Waals surface area contributed by atoms with Gasteiger partial charge >= 0.3 is 0 Å². The fraction of sp³-hybridized carbons (Fsp3) is 0.357. The summed E-state index contributed by atoms with van der Waals surface area (Å²) in [6.07, 6.45) is 2.64. The second kappa shape index (κ2) is 5.95. The van der Waals surface area contributed by atoms with E-state index in [4.69, 9.17) is 0 Å². The van der Waals surface area contributed by atoms with Crippen LogP contribution in [0.15, 0.2) is 29.1 Å². The lowest BCUT2D eigenvalue weighted by Gasteiger charge is -2.37. The Kier molecular flexibility index (Phi) is 4.03. The maximum atomic E-state index is 12.5. The van der Waals surface area contributed by atoms with Crippen LogP contribution in [0.2, 0.25) is 0 Å². The van der Waals surface area contributed by atoms with Gasteiger partial charge in [0.05, 0.1) is 12.0 Å². The minimum absolute atomic E-state index is 0.0669. The Morgan fingerprint density at radius 1 is 1.43 bits per heavy atom. The van der Waals surface area contributed by atoms with Crippen LogP contribution in [0, 0.1) is 5.92 Å². The Morgan fingerprint density at radius 2 is 2.29 bits per heavy atom. The molecule has 1 aliphatic heterocycles. The van der Waals surface area contributed by atoms with Crippen molar-refractivity contribution in [2.75, 3.05) is 12.4 Å². The zero-order valence-electron chi connectivity index (χ0n) is 11.5. The lowest BCUT2D eigenvalue weighted by Crippen LogP contribution is -2.44. The van der Waals surface area contributed by atoms with Gasteiger partial charge in [0.25, 0.3) is 0 Å². The van der Waals surface area contributed by atoms with E-state index < -0.39 is 0 Å². The quantitative estimate of drug-likeness (QED) is 0.945. The van der Waals surface area contributed by atoms with Crippen LogP contribution < -0.4 is 5.32 Å². The SMILES string of the molecule is CN1C(=O)CC[C@@H](C(=O)Nc2nccs2)[C@H]1c1cccs1. The predicted molar refractivity (Wildman–Crippen MR) is 83.3 cm³/mol. The van der Waals surface area contributed by atoms with Gasteiger partial charge in [0.15, 0.2) is 5.13 Å². The molecule has 0 radical (unpaired) electrons. The lowest BCUT2D eigenvalue weighted by atomic mass is 9.87. The Balaban J connectivity index is 1.84. The Morgan fingerprint density at radius 3 is 2.95 bits per heavy atom. The second-order valence-electron chi connectivity index (χ2n) is 4.94. The average Bonchev–Trinajstić information content (AvgIpc) is 3.14. The van der Waals surface area contributed by atoms with Gasteiger partial charge in [-0.15, -0.1) is 22.7 Å². The molecule has 2 amide bonds. The number of anilines is 1. The summed E-state index contributed by atoms with van der Waals surface area (Å²) < 4.78 is 0. The van der Waals surface area contributed by atoms with Crippen LogP contribution in [-0.2, 0) is 9.59 Å². The summed E-state index contributed by atoms with van der Waals surface area (Å²) in [5, 5.41) is 7.25. The Labute approximate surface area is 130 Å². The van der Waals surface area contributed by atoms with Crippen LogP contribution in [0.4, 0.5) is 5.13 Å². The summed E-state index contributed by atoms with van der Waals surface area (Å²) in [5.41, 5.74) is 0. The normalized spacial score (nSPS) is 22.3. The number of carbonyl (C=O) groups is 2. The van der Waals surface area contributed by atoms with Crippen LogP contribution in [0.5, 0.6) is 0 Å². The molecule has 2 atom stereocenters. The number of thiazole rings is 1. The van der Waals surface area contributed by atoms with E-state index in [1.165, 1.54) is 11.3 Å². The summed E-state index contributed by atoms with van der Waals surface area (Å²) in [4.78, 5) is 31.3. The average molecular weight is 321 g/mol. The fourth-order valence-corrected chi connectivity index (χ4v) is 4.11. The number of carbonyl (C=O) groups excluding carboxylic acids is 2. The molecule has 7 heteroatoms. The summed E-state index contributed by atoms with van der Waals surface area (Å²) in [7, 11) is 1.77. The molecule has 0 unspecified atom stereocenters. The highest BCUT2D eigenvalue weighted by Crippen LogP contribution is 2.38. The van der Waals surface area contributed by atoms with E-state index in [1.54, 1.807) is 29.5 Å². The number of aromatic nitrogens is 1. The number of amides is 2. The van der Waals surface area contributed by atoms with Crippen molar-refractivity contribution >= 4 is 39.6 Å². The Hall–Kier alpha value is -1.73. The van der Waals surface area contributed by atoms with Gasteiger partial charge in [-0.2, -0.15) is 0 Å². The van der Waals surface area contributed by atoms with Crippen molar-refractivity contribution in [1.29, 1.82) is 0 Å². The van der Waals surface area contributed by atoms with Crippen LogP contribution >= 0.6 is 22.7 Å². The van der Waals surface area contributed by atoms with Crippen molar-refractivity contribution in [3.05, 3.63) is 34.0 Å². The van der Waals surface area contributed by atoms with E-state index in [-0.39, 0.29) is 23.8 Å². The summed E-state index contributed by atoms with van der Waals surface area (Å²) in [6.45, 7) is 0. The molecule has 3 rings (SSSR count). The van der Waals surface area contributed by atoms with Crippen LogP contribution in [0.25, 0.3) is 0 Å². The van der Waals surface area contributed by atoms with Crippen molar-refractivity contribution in [2.24, 2.45) is 5.92 Å². The summed E-state index contributed by atoms with van der Waals surface area (Å²) >= 11 is 2.97. The summed E-state index contributed by atoms with van der Waals surface area (Å²) in [6, 6.07) is 3.74. The summed E-state index contributed by atoms with van der Waals surface area (Å²) in [5.74, 6) is -0.218. The second-order valence-corrected chi connectivity index (χ2v) is 6.81. The first-order valence-corrected chi connectivity index (χ1v) is 8.42. The third kappa shape index (κ3) is 2.84. The highest BCUT2D eigenvalue weighted by Gasteiger charge is 2.39. The molecular weight excluding hydrogens is 306 g/mol. The van der Waals surface area contributed by atoms with E-state index in [0.29, 0.717) is 18.0 Å². The third-order valence-electron chi connectivity index (χ3n) is 3.69. The largest absolute Gasteiger partial charge is 0.337 e. The van der Waals surface area contributed by atoms with Gasteiger partial charge in [0.1, 0.15) is 0 Å². The zero-order chi connectivity index (χ0) is 14.8. The smallest absolute Gasteiger partial charge is 0.231 e. The molecule has 1 saturated heterocycles. The van der Waals surface area contributed by atoms with E-state index in [0.717, 1.165) is 4.88 Å². The molecule has 3 heterocycles. The van der Waals surface area contributed by atoms with Crippen molar-refractivity contribution in [3.63, 3.8) is 0 Å². The van der Waals surface area contributed by atoms with Crippen molar-refractivity contribution in [3.8, 4) is 0 Å². The molecule has 0 aromatic carbocycles. The van der Waals surface area contributed by atoms with E-state index in [1.807, 2.05) is 22.9 Å². The minimum Gasteiger partial charge on any atom is -0.337 e. The monoisotopic (exact) mass is 321 g/mol. The molecule has 0 bridgehead atoms. The molecule has 110 valence electrons. The molecule has 21 heavy (non-hydrogen) atoms. The highest BCUT2D eigenvalue weighted by molar-refractivity contribution is 7.13. The maximum Gasteiger partial charge on any atom is 0.231 e. The molecule has 0 spiro atoms. The van der Waals surface area contributed by atoms with Gasteiger partial charge < -0.3 is 10.2 Å². The van der Waals surface area contributed by atoms with Gasteiger partial charge in [0, 0.05) is 29.9 Å². The highest BCUT2D eigenvalue weighted by atomic mass is 32.1. The van der Waals surface area contributed by atoms with Gasteiger partial charge in [-0.05, 0) is 17.9 Å². The zero-order valence-corrected chi connectivity index (χ0v) is 13.1. The topological polar surface area (TPSA) is 62.3 Å². The van der Waals surface area contributed by atoms with E-state index in [9.17, 15) is 9.59 Å². The molecular formula is C14H15N3O2S2. The van der Waals surface area contributed by atoms with Crippen LogP contribution in [-0.4, -0.2) is 28.7 Å². The lowest BCUT2D eigenvalue weighted by molar-refractivity contribution is -0.140. The predicted octanol–water partition coefficient (Wildman–Crippen LogP) is 2.75. The fourth-order valence-electron chi connectivity index (χ4n) is 2.64. The van der Waals surface area contributed by atoms with Gasteiger partial charge in [-0.3, -0.25) is 9.59 Å². The van der Waals surface area contributed by atoms with Gasteiger partial charge in [-0.1, -0.05) is 6.07 Å². The maximum absolute atomic E-state index is 12.5. The van der Waals surface area contributed by atoms with Crippen molar-refractivity contribution in [2.45, 2.75) is 18.9 Å². The first-order valence-electron chi connectivity index (χ1n) is 6.66. The number of hydrogen-bond acceptors (Lipinski definition) is 5. The minimum atomic E-state index is -0.241. The number of hydrogen-bond donors (Lipinski definition) is 1. The number of rotatable bonds is 3.